The number of carbonyl (C=O) groups excluding carboxylic acids is 1. The van der Waals surface area contributed by atoms with Crippen LogP contribution in [0.3, 0.4) is 0 Å². The number of hydrogen-bond acceptors (Lipinski definition) is 1. The Morgan fingerprint density at radius 2 is 2.29 bits per heavy atom. The first kappa shape index (κ1) is 12.8. The third kappa shape index (κ3) is 2.99. The van der Waals surface area contributed by atoms with Gasteiger partial charge in [-0.05, 0) is 31.0 Å². The smallest absolute Gasteiger partial charge is 0.253 e. The summed E-state index contributed by atoms with van der Waals surface area (Å²) in [5, 5.41) is -0.0109. The van der Waals surface area contributed by atoms with Gasteiger partial charge in [0.25, 0.3) is 5.91 Å². The van der Waals surface area contributed by atoms with Gasteiger partial charge in [-0.25, -0.2) is 4.39 Å². The van der Waals surface area contributed by atoms with E-state index in [-0.39, 0.29) is 10.9 Å². The van der Waals surface area contributed by atoms with Crippen molar-refractivity contribution in [1.82, 2.24) is 4.90 Å². The van der Waals surface area contributed by atoms with E-state index in [1.165, 1.54) is 18.2 Å². The first-order chi connectivity index (χ1) is 8.08. The van der Waals surface area contributed by atoms with Crippen LogP contribution in [0.4, 0.5) is 4.39 Å². The predicted octanol–water partition coefficient (Wildman–Crippen LogP) is 3.48. The van der Waals surface area contributed by atoms with Crippen molar-refractivity contribution in [3.8, 4) is 0 Å². The average molecular weight is 321 g/mol. The normalized spacial score (nSPS) is 20.4. The molecule has 1 aromatic carbocycles. The van der Waals surface area contributed by atoms with Gasteiger partial charge in [-0.1, -0.05) is 27.5 Å². The van der Waals surface area contributed by atoms with Gasteiger partial charge in [-0.2, -0.15) is 0 Å². The number of nitrogens with zero attached hydrogens (tertiary/aromatic N) is 1. The van der Waals surface area contributed by atoms with E-state index in [9.17, 15) is 9.18 Å². The Kier molecular flexibility index (Phi) is 4.05. The van der Waals surface area contributed by atoms with E-state index in [1.807, 2.05) is 0 Å². The Bertz CT molecular complexity index is 441. The van der Waals surface area contributed by atoms with Crippen LogP contribution in [0, 0.1) is 5.82 Å². The van der Waals surface area contributed by atoms with Crippen LogP contribution >= 0.6 is 27.5 Å². The number of carbonyl (C=O) groups is 1. The zero-order valence-electron chi connectivity index (χ0n) is 9.13. The Morgan fingerprint density at radius 1 is 1.53 bits per heavy atom. The lowest BCUT2D eigenvalue weighted by Crippen LogP contribution is -2.40. The van der Waals surface area contributed by atoms with Crippen LogP contribution in [0.5, 0.6) is 0 Å². The first-order valence-corrected chi connectivity index (χ1v) is 6.75. The number of benzene rings is 1. The number of amides is 1. The molecule has 5 heteroatoms. The summed E-state index contributed by atoms with van der Waals surface area (Å²) in [5.74, 6) is -0.587. The molecule has 0 bridgehead atoms. The molecule has 1 unspecified atom stereocenters. The Labute approximate surface area is 113 Å². The second kappa shape index (κ2) is 5.36. The topological polar surface area (TPSA) is 20.3 Å². The molecule has 2 nitrogen and oxygen atoms in total. The third-order valence-corrected chi connectivity index (χ3v) is 3.85. The van der Waals surface area contributed by atoms with Crippen molar-refractivity contribution in [2.24, 2.45) is 0 Å². The van der Waals surface area contributed by atoms with E-state index < -0.39 is 5.82 Å². The molecule has 1 aromatic rings. The molecule has 0 N–H and O–H groups in total. The molecular formula is C12H12BrClFNO. The first-order valence-electron chi connectivity index (χ1n) is 5.46. The summed E-state index contributed by atoms with van der Waals surface area (Å²) < 4.78 is 13.0. The van der Waals surface area contributed by atoms with Crippen molar-refractivity contribution < 1.29 is 9.18 Å². The highest BCUT2D eigenvalue weighted by Crippen LogP contribution is 2.21. The maximum atomic E-state index is 13.0. The van der Waals surface area contributed by atoms with Gasteiger partial charge in [0.2, 0.25) is 0 Å². The zero-order chi connectivity index (χ0) is 12.4. The second-order valence-electron chi connectivity index (χ2n) is 4.12. The molecule has 0 aromatic heterocycles. The van der Waals surface area contributed by atoms with Crippen molar-refractivity contribution in [2.45, 2.75) is 17.7 Å². The molecule has 1 heterocycles. The van der Waals surface area contributed by atoms with Crippen LogP contribution in [0.2, 0.25) is 5.02 Å². The number of piperidine rings is 1. The Morgan fingerprint density at radius 3 is 2.94 bits per heavy atom. The van der Waals surface area contributed by atoms with Gasteiger partial charge in [0.1, 0.15) is 5.82 Å². The van der Waals surface area contributed by atoms with Crippen molar-refractivity contribution in [2.75, 3.05) is 13.1 Å². The summed E-state index contributed by atoms with van der Waals surface area (Å²) in [6.45, 7) is 1.43. The van der Waals surface area contributed by atoms with E-state index in [0.717, 1.165) is 19.4 Å². The lowest BCUT2D eigenvalue weighted by Gasteiger charge is -2.30. The lowest BCUT2D eigenvalue weighted by molar-refractivity contribution is 0.0730. The molecule has 0 aliphatic carbocycles. The highest BCUT2D eigenvalue weighted by atomic mass is 79.9. The fourth-order valence-electron chi connectivity index (χ4n) is 1.92. The van der Waals surface area contributed by atoms with E-state index in [4.69, 9.17) is 11.6 Å². The fourth-order valence-corrected chi connectivity index (χ4v) is 2.78. The third-order valence-electron chi connectivity index (χ3n) is 2.82. The zero-order valence-corrected chi connectivity index (χ0v) is 11.5. The quantitative estimate of drug-likeness (QED) is 0.726. The monoisotopic (exact) mass is 319 g/mol. The number of likely N-dealkylation sites (tertiary alicyclic amines) is 1. The van der Waals surface area contributed by atoms with Gasteiger partial charge in [0, 0.05) is 23.5 Å². The van der Waals surface area contributed by atoms with Crippen molar-refractivity contribution in [1.29, 1.82) is 0 Å². The van der Waals surface area contributed by atoms with Gasteiger partial charge >= 0.3 is 0 Å². The predicted molar refractivity (Wildman–Crippen MR) is 69.3 cm³/mol. The number of halogens is 3. The van der Waals surface area contributed by atoms with Gasteiger partial charge in [0.15, 0.2) is 0 Å². The van der Waals surface area contributed by atoms with Crippen LogP contribution < -0.4 is 0 Å². The molecule has 0 saturated carbocycles. The van der Waals surface area contributed by atoms with Crippen LogP contribution in [-0.2, 0) is 0 Å². The minimum absolute atomic E-state index is 0.0109. The molecular weight excluding hydrogens is 308 g/mol. The van der Waals surface area contributed by atoms with E-state index in [0.29, 0.717) is 16.9 Å². The fraction of sp³-hybridized carbons (Fsp3) is 0.417. The van der Waals surface area contributed by atoms with Crippen LogP contribution in [0.1, 0.15) is 23.2 Å². The minimum atomic E-state index is -0.500. The summed E-state index contributed by atoms with van der Waals surface area (Å²) in [7, 11) is 0. The van der Waals surface area contributed by atoms with E-state index in [1.54, 1.807) is 4.90 Å². The van der Waals surface area contributed by atoms with Crippen molar-refractivity contribution in [3.63, 3.8) is 0 Å². The standard InChI is InChI=1S/C12H12BrClFNO/c13-9-2-1-5-16(7-9)12(17)8-3-4-11(15)10(14)6-8/h3-4,6,9H,1-2,5,7H2. The molecule has 1 fully saturated rings. The largest absolute Gasteiger partial charge is 0.338 e. The van der Waals surface area contributed by atoms with Crippen LogP contribution in [0.25, 0.3) is 0 Å². The minimum Gasteiger partial charge on any atom is -0.338 e. The molecule has 2 rings (SSSR count). The van der Waals surface area contributed by atoms with E-state index in [2.05, 4.69) is 15.9 Å². The molecule has 1 aliphatic heterocycles. The number of hydrogen-bond donors (Lipinski definition) is 0. The average Bonchev–Trinajstić information content (AvgIpc) is 2.32. The highest BCUT2D eigenvalue weighted by molar-refractivity contribution is 9.09. The Balaban J connectivity index is 2.15. The van der Waals surface area contributed by atoms with Gasteiger partial charge < -0.3 is 4.90 Å². The van der Waals surface area contributed by atoms with Gasteiger partial charge in [0.05, 0.1) is 5.02 Å². The lowest BCUT2D eigenvalue weighted by atomic mass is 10.1. The van der Waals surface area contributed by atoms with Crippen molar-refractivity contribution in [3.05, 3.63) is 34.6 Å². The van der Waals surface area contributed by atoms with Crippen LogP contribution in [0.15, 0.2) is 18.2 Å². The molecule has 0 spiro atoms. The van der Waals surface area contributed by atoms with Crippen LogP contribution in [-0.4, -0.2) is 28.7 Å². The molecule has 1 saturated heterocycles. The molecule has 0 radical (unpaired) electrons. The molecule has 1 amide bonds. The molecule has 1 atom stereocenters. The maximum Gasteiger partial charge on any atom is 0.253 e. The SMILES string of the molecule is O=C(c1ccc(F)c(Cl)c1)N1CCCC(Br)C1. The highest BCUT2D eigenvalue weighted by Gasteiger charge is 2.23. The number of rotatable bonds is 1. The summed E-state index contributed by atoms with van der Waals surface area (Å²) in [5.41, 5.74) is 0.443. The van der Waals surface area contributed by atoms with Crippen molar-refractivity contribution >= 4 is 33.4 Å². The molecule has 1 aliphatic rings. The number of alkyl halides is 1. The Hall–Kier alpha value is -0.610. The van der Waals surface area contributed by atoms with Gasteiger partial charge in [-0.15, -0.1) is 0 Å². The molecule has 92 valence electrons. The molecule has 17 heavy (non-hydrogen) atoms. The van der Waals surface area contributed by atoms with Gasteiger partial charge in [-0.3, -0.25) is 4.79 Å². The summed E-state index contributed by atoms with van der Waals surface area (Å²) in [6, 6.07) is 4.09. The maximum absolute atomic E-state index is 13.0. The van der Waals surface area contributed by atoms with E-state index >= 15 is 0 Å². The second-order valence-corrected chi connectivity index (χ2v) is 5.82. The summed E-state index contributed by atoms with van der Waals surface area (Å²) in [4.78, 5) is 14.2. The summed E-state index contributed by atoms with van der Waals surface area (Å²) >= 11 is 9.19. The summed E-state index contributed by atoms with van der Waals surface area (Å²) in [6.07, 6.45) is 2.06.